The first-order chi connectivity index (χ1) is 11.1. The van der Waals surface area contributed by atoms with Crippen LogP contribution in [0.5, 0.6) is 0 Å². The summed E-state index contributed by atoms with van der Waals surface area (Å²) in [4.78, 5) is 14.2. The second-order valence-electron chi connectivity index (χ2n) is 6.16. The summed E-state index contributed by atoms with van der Waals surface area (Å²) in [7, 11) is 1.81. The number of rotatable bonds is 5. The lowest BCUT2D eigenvalue weighted by Gasteiger charge is -2.24. The van der Waals surface area contributed by atoms with Gasteiger partial charge in [0.1, 0.15) is 0 Å². The third-order valence-electron chi connectivity index (χ3n) is 4.19. The fraction of sp³-hybridized carbons (Fsp3) is 0.316. The summed E-state index contributed by atoms with van der Waals surface area (Å²) < 4.78 is 0. The minimum Gasteiger partial charge on any atom is -0.331 e. The summed E-state index contributed by atoms with van der Waals surface area (Å²) in [6, 6.07) is 17.9. The molecule has 2 aromatic rings. The van der Waals surface area contributed by atoms with Gasteiger partial charge in [-0.25, -0.2) is 4.79 Å². The molecule has 3 rings (SSSR count). The van der Waals surface area contributed by atoms with Crippen LogP contribution in [0.25, 0.3) is 0 Å². The number of carbonyl (C=O) groups excluding carboxylic acids is 1. The van der Waals surface area contributed by atoms with E-state index >= 15 is 0 Å². The lowest BCUT2D eigenvalue weighted by Crippen LogP contribution is -2.39. The van der Waals surface area contributed by atoms with Gasteiger partial charge in [0, 0.05) is 18.6 Å². The Morgan fingerprint density at radius 3 is 2.61 bits per heavy atom. The number of hydrogen-bond donors (Lipinski definition) is 1. The van der Waals surface area contributed by atoms with Crippen molar-refractivity contribution >= 4 is 17.6 Å². The molecule has 1 atom stereocenters. The largest absolute Gasteiger partial charge is 0.331 e. The summed E-state index contributed by atoms with van der Waals surface area (Å²) >= 11 is 6.00. The Morgan fingerprint density at radius 2 is 1.96 bits per heavy atom. The molecule has 0 saturated heterocycles. The average molecular weight is 329 g/mol. The third kappa shape index (κ3) is 4.26. The number of benzene rings is 2. The van der Waals surface area contributed by atoms with Crippen molar-refractivity contribution < 1.29 is 4.79 Å². The van der Waals surface area contributed by atoms with Gasteiger partial charge < -0.3 is 10.2 Å². The predicted octanol–water partition coefficient (Wildman–Crippen LogP) is 4.63. The van der Waals surface area contributed by atoms with Gasteiger partial charge in [0.2, 0.25) is 0 Å². The number of carbonyl (C=O) groups is 1. The maximum atomic E-state index is 12.5. The van der Waals surface area contributed by atoms with E-state index in [1.165, 1.54) is 18.4 Å². The number of hydrogen-bond acceptors (Lipinski definition) is 1. The van der Waals surface area contributed by atoms with Crippen molar-refractivity contribution in [2.45, 2.75) is 25.4 Å². The summed E-state index contributed by atoms with van der Waals surface area (Å²) in [6.45, 7) is 0.540. The van der Waals surface area contributed by atoms with E-state index < -0.39 is 0 Å². The van der Waals surface area contributed by atoms with E-state index in [9.17, 15) is 4.79 Å². The average Bonchev–Trinajstić information content (AvgIpc) is 3.38. The third-order valence-corrected chi connectivity index (χ3v) is 4.42. The molecule has 0 bridgehead atoms. The fourth-order valence-corrected chi connectivity index (χ4v) is 3.00. The molecule has 1 unspecified atom stereocenters. The van der Waals surface area contributed by atoms with Gasteiger partial charge in [-0.1, -0.05) is 54.1 Å². The normalized spacial score (nSPS) is 15.0. The molecule has 0 aliphatic heterocycles. The van der Waals surface area contributed by atoms with Gasteiger partial charge in [-0.2, -0.15) is 0 Å². The van der Waals surface area contributed by atoms with Gasteiger partial charge >= 0.3 is 6.03 Å². The van der Waals surface area contributed by atoms with E-state index in [1.54, 1.807) is 4.90 Å². The van der Waals surface area contributed by atoms with Crippen LogP contribution in [0.3, 0.4) is 0 Å². The molecule has 2 aromatic carbocycles. The Morgan fingerprint density at radius 1 is 1.22 bits per heavy atom. The fourth-order valence-electron chi connectivity index (χ4n) is 2.79. The molecule has 2 amide bonds. The monoisotopic (exact) mass is 328 g/mol. The van der Waals surface area contributed by atoms with Crippen molar-refractivity contribution in [1.29, 1.82) is 0 Å². The molecular formula is C19H21ClN2O. The number of nitrogens with one attached hydrogen (secondary N) is 1. The number of amides is 2. The van der Waals surface area contributed by atoms with E-state index in [2.05, 4.69) is 17.4 Å². The van der Waals surface area contributed by atoms with Crippen LogP contribution in [0.1, 0.15) is 30.0 Å². The number of halogens is 1. The Balaban J connectivity index is 1.65. The quantitative estimate of drug-likeness (QED) is 0.852. The highest BCUT2D eigenvalue weighted by Crippen LogP contribution is 2.41. The molecule has 0 radical (unpaired) electrons. The lowest BCUT2D eigenvalue weighted by molar-refractivity contribution is 0.201. The first-order valence-corrected chi connectivity index (χ1v) is 8.32. The molecular weight excluding hydrogens is 308 g/mol. The highest BCUT2D eigenvalue weighted by atomic mass is 35.5. The second kappa shape index (κ2) is 7.05. The first kappa shape index (κ1) is 15.9. The van der Waals surface area contributed by atoms with Crippen LogP contribution in [-0.2, 0) is 6.54 Å². The van der Waals surface area contributed by atoms with Crippen LogP contribution >= 0.6 is 11.6 Å². The van der Waals surface area contributed by atoms with Crippen molar-refractivity contribution in [3.8, 4) is 0 Å². The number of urea groups is 1. The Labute approximate surface area is 142 Å². The van der Waals surface area contributed by atoms with E-state index in [0.717, 1.165) is 5.56 Å². The molecule has 0 aromatic heterocycles. The smallest absolute Gasteiger partial charge is 0.317 e. The standard InChI is InChI=1S/C19H21ClN2O/c1-22(13-14-6-5-9-17(20)12-14)19(23)21-18(16-10-11-16)15-7-3-2-4-8-15/h2-9,12,16,18H,10-11,13H2,1H3,(H,21,23). The molecule has 120 valence electrons. The van der Waals surface area contributed by atoms with Crippen molar-refractivity contribution in [3.05, 3.63) is 70.7 Å². The van der Waals surface area contributed by atoms with Gasteiger partial charge in [0.05, 0.1) is 6.04 Å². The van der Waals surface area contributed by atoms with Gasteiger partial charge in [-0.3, -0.25) is 0 Å². The maximum Gasteiger partial charge on any atom is 0.317 e. The zero-order valence-electron chi connectivity index (χ0n) is 13.2. The van der Waals surface area contributed by atoms with Crippen molar-refractivity contribution in [2.24, 2.45) is 5.92 Å². The zero-order valence-corrected chi connectivity index (χ0v) is 14.0. The molecule has 4 heteroatoms. The Bertz CT molecular complexity index is 670. The van der Waals surface area contributed by atoms with E-state index in [-0.39, 0.29) is 12.1 Å². The van der Waals surface area contributed by atoms with Crippen LogP contribution in [0.4, 0.5) is 4.79 Å². The van der Waals surface area contributed by atoms with Crippen LogP contribution in [-0.4, -0.2) is 18.0 Å². The number of nitrogens with zero attached hydrogens (tertiary/aromatic N) is 1. The summed E-state index contributed by atoms with van der Waals surface area (Å²) in [6.07, 6.45) is 2.36. The summed E-state index contributed by atoms with van der Waals surface area (Å²) in [5, 5.41) is 3.88. The molecule has 1 aliphatic rings. The predicted molar refractivity (Wildman–Crippen MR) is 93.4 cm³/mol. The maximum absolute atomic E-state index is 12.5. The molecule has 0 heterocycles. The van der Waals surface area contributed by atoms with Crippen molar-refractivity contribution in [1.82, 2.24) is 10.2 Å². The molecule has 3 nitrogen and oxygen atoms in total. The molecule has 0 spiro atoms. The SMILES string of the molecule is CN(Cc1cccc(Cl)c1)C(=O)NC(c1ccccc1)C1CC1. The van der Waals surface area contributed by atoms with E-state index in [0.29, 0.717) is 17.5 Å². The van der Waals surface area contributed by atoms with E-state index in [4.69, 9.17) is 11.6 Å². The highest BCUT2D eigenvalue weighted by Gasteiger charge is 2.33. The highest BCUT2D eigenvalue weighted by molar-refractivity contribution is 6.30. The molecule has 1 aliphatic carbocycles. The van der Waals surface area contributed by atoms with Crippen molar-refractivity contribution in [2.75, 3.05) is 7.05 Å². The van der Waals surface area contributed by atoms with Gasteiger partial charge in [-0.05, 0) is 42.0 Å². The zero-order chi connectivity index (χ0) is 16.2. The van der Waals surface area contributed by atoms with Crippen LogP contribution in [0.15, 0.2) is 54.6 Å². The van der Waals surface area contributed by atoms with Crippen LogP contribution in [0, 0.1) is 5.92 Å². The van der Waals surface area contributed by atoms with Crippen molar-refractivity contribution in [3.63, 3.8) is 0 Å². The lowest BCUT2D eigenvalue weighted by atomic mass is 10.0. The molecule has 1 saturated carbocycles. The van der Waals surface area contributed by atoms with E-state index in [1.807, 2.05) is 49.5 Å². The van der Waals surface area contributed by atoms with Gasteiger partial charge in [-0.15, -0.1) is 0 Å². The second-order valence-corrected chi connectivity index (χ2v) is 6.60. The van der Waals surface area contributed by atoms with Gasteiger partial charge in [0.25, 0.3) is 0 Å². The van der Waals surface area contributed by atoms with Gasteiger partial charge in [0.15, 0.2) is 0 Å². The summed E-state index contributed by atoms with van der Waals surface area (Å²) in [5.41, 5.74) is 2.21. The Hall–Kier alpha value is -2.00. The first-order valence-electron chi connectivity index (χ1n) is 7.94. The minimum atomic E-state index is -0.0503. The molecule has 1 N–H and O–H groups in total. The van der Waals surface area contributed by atoms with Crippen LogP contribution < -0.4 is 5.32 Å². The topological polar surface area (TPSA) is 32.3 Å². The summed E-state index contributed by atoms with van der Waals surface area (Å²) in [5.74, 6) is 0.556. The Kier molecular flexibility index (Phi) is 4.87. The molecule has 1 fully saturated rings. The molecule has 23 heavy (non-hydrogen) atoms. The minimum absolute atomic E-state index is 0.0503. The van der Waals surface area contributed by atoms with Crippen LogP contribution in [0.2, 0.25) is 5.02 Å².